The van der Waals surface area contributed by atoms with Gasteiger partial charge < -0.3 is 5.32 Å². The molecule has 0 saturated heterocycles. The van der Waals surface area contributed by atoms with Gasteiger partial charge in [0.2, 0.25) is 0 Å². The van der Waals surface area contributed by atoms with Crippen LogP contribution in [0, 0.1) is 17.0 Å². The summed E-state index contributed by atoms with van der Waals surface area (Å²) in [7, 11) is 0. The Morgan fingerprint density at radius 2 is 1.86 bits per heavy atom. The molecule has 21 heavy (non-hydrogen) atoms. The van der Waals surface area contributed by atoms with Crippen LogP contribution in [0.3, 0.4) is 0 Å². The summed E-state index contributed by atoms with van der Waals surface area (Å²) in [6, 6.07) is 4.36. The largest absolute Gasteiger partial charge is 0.383 e. The molecular weight excluding hydrogens is 334 g/mol. The number of hydrogen-bond acceptors (Lipinski definition) is 4. The molecule has 1 N–H and O–H groups in total. The molecule has 0 unspecified atom stereocenters. The molecule has 0 aliphatic carbocycles. The molecule has 1 aromatic carbocycles. The maximum absolute atomic E-state index is 10.9. The van der Waals surface area contributed by atoms with E-state index in [-0.39, 0.29) is 10.6 Å². The third-order valence-electron chi connectivity index (χ3n) is 3.49. The van der Waals surface area contributed by atoms with Crippen LogP contribution >= 0.6 is 15.9 Å². The highest BCUT2D eigenvalue weighted by Gasteiger charge is 2.15. The summed E-state index contributed by atoms with van der Waals surface area (Å²) in [5.74, 6) is 0. The lowest BCUT2D eigenvalue weighted by molar-refractivity contribution is -0.385. The maximum Gasteiger partial charge on any atom is 0.273 e. The van der Waals surface area contributed by atoms with E-state index >= 15 is 0 Å². The van der Waals surface area contributed by atoms with Crippen LogP contribution in [0.5, 0.6) is 0 Å². The van der Waals surface area contributed by atoms with Crippen molar-refractivity contribution in [3.63, 3.8) is 0 Å². The number of benzene rings is 1. The Kier molecular flexibility index (Phi) is 6.61. The fourth-order valence-corrected chi connectivity index (χ4v) is 2.91. The van der Waals surface area contributed by atoms with E-state index in [0.29, 0.717) is 17.6 Å². The third kappa shape index (κ3) is 4.97. The predicted molar refractivity (Wildman–Crippen MR) is 91.0 cm³/mol. The van der Waals surface area contributed by atoms with Crippen molar-refractivity contribution in [2.75, 3.05) is 18.4 Å². The van der Waals surface area contributed by atoms with Gasteiger partial charge in [-0.2, -0.15) is 0 Å². The monoisotopic (exact) mass is 357 g/mol. The van der Waals surface area contributed by atoms with Gasteiger partial charge in [-0.25, -0.2) is 0 Å². The van der Waals surface area contributed by atoms with E-state index in [9.17, 15) is 10.1 Å². The average Bonchev–Trinajstić information content (AvgIpc) is 2.36. The number of halogens is 1. The van der Waals surface area contributed by atoms with Gasteiger partial charge in [0.1, 0.15) is 0 Å². The average molecular weight is 358 g/mol. The first-order chi connectivity index (χ1) is 9.73. The molecule has 118 valence electrons. The van der Waals surface area contributed by atoms with Gasteiger partial charge in [0.25, 0.3) is 5.69 Å². The lowest BCUT2D eigenvalue weighted by Crippen LogP contribution is -2.40. The zero-order chi connectivity index (χ0) is 16.2. The summed E-state index contributed by atoms with van der Waals surface area (Å²) in [6.45, 7) is 12.2. The summed E-state index contributed by atoms with van der Waals surface area (Å²) in [4.78, 5) is 12.9. The van der Waals surface area contributed by atoms with Gasteiger partial charge in [0, 0.05) is 47.0 Å². The highest BCUT2D eigenvalue weighted by atomic mass is 79.9. The van der Waals surface area contributed by atoms with Gasteiger partial charge in [-0.1, -0.05) is 0 Å². The Morgan fingerprint density at radius 1 is 1.29 bits per heavy atom. The number of rotatable bonds is 7. The fourth-order valence-electron chi connectivity index (χ4n) is 2.44. The Hall–Kier alpha value is -1.14. The van der Waals surface area contributed by atoms with Gasteiger partial charge in [0.15, 0.2) is 0 Å². The van der Waals surface area contributed by atoms with E-state index in [1.165, 1.54) is 0 Å². The van der Waals surface area contributed by atoms with Crippen LogP contribution in [0.25, 0.3) is 0 Å². The third-order valence-corrected chi connectivity index (χ3v) is 4.15. The molecule has 0 aliphatic heterocycles. The normalized spacial score (nSPS) is 11.5. The number of nitrogens with one attached hydrogen (secondary N) is 1. The van der Waals surface area contributed by atoms with Crippen molar-refractivity contribution in [1.29, 1.82) is 0 Å². The molecule has 6 heteroatoms. The Labute approximate surface area is 135 Å². The molecular formula is C15H24BrN3O2. The molecule has 0 aliphatic rings. The molecule has 5 nitrogen and oxygen atoms in total. The van der Waals surface area contributed by atoms with Crippen LogP contribution < -0.4 is 5.32 Å². The topological polar surface area (TPSA) is 58.4 Å². The lowest BCUT2D eigenvalue weighted by Gasteiger charge is -2.30. The van der Waals surface area contributed by atoms with Crippen molar-refractivity contribution < 1.29 is 4.92 Å². The van der Waals surface area contributed by atoms with Crippen LogP contribution in [-0.4, -0.2) is 35.0 Å². The first kappa shape index (κ1) is 17.9. The van der Waals surface area contributed by atoms with E-state index in [1.54, 1.807) is 13.0 Å². The standard InChI is InChI=1S/C15H24BrN3O2/c1-10(2)18(11(3)4)7-6-17-14-8-12(5)15(19(20)21)9-13(14)16/h8-11,17H,6-7H2,1-5H3. The van der Waals surface area contributed by atoms with E-state index in [0.717, 1.165) is 23.2 Å². The number of nitro groups is 1. The van der Waals surface area contributed by atoms with E-state index in [1.807, 2.05) is 6.07 Å². The molecule has 0 fully saturated rings. The highest BCUT2D eigenvalue weighted by molar-refractivity contribution is 9.10. The zero-order valence-corrected chi connectivity index (χ0v) is 14.9. The molecule has 0 bridgehead atoms. The summed E-state index contributed by atoms with van der Waals surface area (Å²) >= 11 is 3.39. The summed E-state index contributed by atoms with van der Waals surface area (Å²) in [6.07, 6.45) is 0. The van der Waals surface area contributed by atoms with Gasteiger partial charge in [-0.15, -0.1) is 0 Å². The number of nitrogens with zero attached hydrogens (tertiary/aromatic N) is 2. The number of aryl methyl sites for hydroxylation is 1. The Balaban J connectivity index is 2.72. The Morgan fingerprint density at radius 3 is 2.33 bits per heavy atom. The quantitative estimate of drug-likeness (QED) is 0.586. The van der Waals surface area contributed by atoms with Crippen molar-refractivity contribution in [3.05, 3.63) is 32.3 Å². The molecule has 0 radical (unpaired) electrons. The smallest absolute Gasteiger partial charge is 0.273 e. The second-order valence-electron chi connectivity index (χ2n) is 5.73. The van der Waals surface area contributed by atoms with Crippen molar-refractivity contribution >= 4 is 27.3 Å². The number of nitro benzene ring substituents is 1. The van der Waals surface area contributed by atoms with Crippen LogP contribution in [0.2, 0.25) is 0 Å². The molecule has 0 amide bonds. The second-order valence-corrected chi connectivity index (χ2v) is 6.58. The van der Waals surface area contributed by atoms with Gasteiger partial charge >= 0.3 is 0 Å². The maximum atomic E-state index is 10.9. The lowest BCUT2D eigenvalue weighted by atomic mass is 10.2. The summed E-state index contributed by atoms with van der Waals surface area (Å²) < 4.78 is 0.723. The van der Waals surface area contributed by atoms with Gasteiger partial charge in [-0.3, -0.25) is 15.0 Å². The number of hydrogen-bond donors (Lipinski definition) is 1. The molecule has 1 rings (SSSR count). The van der Waals surface area contributed by atoms with Crippen molar-refractivity contribution in [1.82, 2.24) is 4.90 Å². The van der Waals surface area contributed by atoms with Crippen LogP contribution in [0.1, 0.15) is 33.3 Å². The SMILES string of the molecule is Cc1cc(NCCN(C(C)C)C(C)C)c(Br)cc1[N+](=O)[O-]. The van der Waals surface area contributed by atoms with Crippen LogP contribution in [0.15, 0.2) is 16.6 Å². The van der Waals surface area contributed by atoms with Crippen molar-refractivity contribution in [2.45, 2.75) is 46.7 Å². The summed E-state index contributed by atoms with van der Waals surface area (Å²) in [5, 5.41) is 14.2. The van der Waals surface area contributed by atoms with Crippen LogP contribution in [0.4, 0.5) is 11.4 Å². The minimum Gasteiger partial charge on any atom is -0.383 e. The molecule has 1 aromatic rings. The zero-order valence-electron chi connectivity index (χ0n) is 13.3. The molecule has 0 spiro atoms. The van der Waals surface area contributed by atoms with E-state index in [4.69, 9.17) is 0 Å². The minimum atomic E-state index is -0.358. The first-order valence-electron chi connectivity index (χ1n) is 7.18. The fraction of sp³-hybridized carbons (Fsp3) is 0.600. The summed E-state index contributed by atoms with van der Waals surface area (Å²) in [5.41, 5.74) is 1.69. The molecule has 0 heterocycles. The van der Waals surface area contributed by atoms with E-state index < -0.39 is 0 Å². The second kappa shape index (κ2) is 7.75. The number of anilines is 1. The van der Waals surface area contributed by atoms with Crippen molar-refractivity contribution in [3.8, 4) is 0 Å². The van der Waals surface area contributed by atoms with Gasteiger partial charge in [0.05, 0.1) is 4.92 Å². The Bertz CT molecular complexity index is 496. The predicted octanol–water partition coefficient (Wildman–Crippen LogP) is 4.20. The molecule has 0 saturated carbocycles. The van der Waals surface area contributed by atoms with E-state index in [2.05, 4.69) is 53.8 Å². The van der Waals surface area contributed by atoms with Crippen LogP contribution in [-0.2, 0) is 0 Å². The molecule has 0 atom stereocenters. The van der Waals surface area contributed by atoms with Gasteiger partial charge in [-0.05, 0) is 56.6 Å². The minimum absolute atomic E-state index is 0.137. The highest BCUT2D eigenvalue weighted by Crippen LogP contribution is 2.30. The first-order valence-corrected chi connectivity index (χ1v) is 7.97. The van der Waals surface area contributed by atoms with Crippen molar-refractivity contribution in [2.24, 2.45) is 0 Å². The molecule has 0 aromatic heterocycles.